The van der Waals surface area contributed by atoms with Crippen LogP contribution in [0.3, 0.4) is 0 Å². The van der Waals surface area contributed by atoms with Crippen molar-refractivity contribution in [1.82, 2.24) is 9.97 Å². The Bertz CT molecular complexity index is 425. The van der Waals surface area contributed by atoms with Crippen LogP contribution in [0.4, 0.5) is 5.82 Å². The molecule has 86 valence electrons. The van der Waals surface area contributed by atoms with Crippen LogP contribution in [0.25, 0.3) is 0 Å². The Morgan fingerprint density at radius 1 is 1.44 bits per heavy atom. The second-order valence-corrected chi connectivity index (χ2v) is 4.19. The van der Waals surface area contributed by atoms with E-state index < -0.39 is 0 Å². The number of halogens is 1. The number of hydrogen-bond donors (Lipinski definition) is 0. The third kappa shape index (κ3) is 2.61. The van der Waals surface area contributed by atoms with Crippen molar-refractivity contribution in [3.63, 3.8) is 0 Å². The average molecular weight is 239 g/mol. The molecular formula is C11H15ClN4. The van der Waals surface area contributed by atoms with Crippen molar-refractivity contribution in [2.45, 2.75) is 33.2 Å². The summed E-state index contributed by atoms with van der Waals surface area (Å²) in [7, 11) is 1.91. The van der Waals surface area contributed by atoms with E-state index in [1.807, 2.05) is 25.8 Å². The van der Waals surface area contributed by atoms with Crippen LogP contribution in [-0.2, 0) is 0 Å². The van der Waals surface area contributed by atoms with Crippen molar-refractivity contribution in [2.75, 3.05) is 11.9 Å². The predicted molar refractivity (Wildman–Crippen MR) is 64.6 cm³/mol. The lowest BCUT2D eigenvalue weighted by Gasteiger charge is -2.25. The number of aromatic nitrogens is 2. The highest BCUT2D eigenvalue weighted by Crippen LogP contribution is 2.24. The highest BCUT2D eigenvalue weighted by Gasteiger charge is 2.16. The molecule has 1 atom stereocenters. The molecule has 0 aromatic carbocycles. The van der Waals surface area contributed by atoms with Gasteiger partial charge in [-0.1, -0.05) is 11.6 Å². The monoisotopic (exact) mass is 238 g/mol. The molecule has 0 radical (unpaired) electrons. The lowest BCUT2D eigenvalue weighted by molar-refractivity contribution is 0.688. The van der Waals surface area contributed by atoms with Gasteiger partial charge >= 0.3 is 0 Å². The lowest BCUT2D eigenvalue weighted by Crippen LogP contribution is -2.30. The summed E-state index contributed by atoms with van der Waals surface area (Å²) in [5.41, 5.74) is 0.847. The van der Waals surface area contributed by atoms with Gasteiger partial charge in [-0.25, -0.2) is 9.97 Å². The molecule has 0 amide bonds. The second-order valence-electron chi connectivity index (χ2n) is 3.83. The molecule has 0 aliphatic heterocycles. The van der Waals surface area contributed by atoms with Crippen LogP contribution in [0.5, 0.6) is 0 Å². The van der Waals surface area contributed by atoms with Gasteiger partial charge in [0.2, 0.25) is 0 Å². The molecule has 0 saturated heterocycles. The molecule has 1 unspecified atom stereocenters. The number of rotatable bonds is 3. The van der Waals surface area contributed by atoms with Crippen LogP contribution in [-0.4, -0.2) is 23.1 Å². The molecular weight excluding hydrogens is 224 g/mol. The van der Waals surface area contributed by atoms with Crippen LogP contribution < -0.4 is 4.90 Å². The van der Waals surface area contributed by atoms with Gasteiger partial charge in [0, 0.05) is 18.7 Å². The zero-order valence-corrected chi connectivity index (χ0v) is 10.7. The van der Waals surface area contributed by atoms with Gasteiger partial charge in [0.15, 0.2) is 0 Å². The summed E-state index contributed by atoms with van der Waals surface area (Å²) in [6.07, 6.45) is 0.455. The molecule has 5 heteroatoms. The van der Waals surface area contributed by atoms with Crippen molar-refractivity contribution < 1.29 is 0 Å². The maximum absolute atomic E-state index is 8.68. The predicted octanol–water partition coefficient (Wildman–Crippen LogP) is 2.49. The smallest absolute Gasteiger partial charge is 0.137 e. The van der Waals surface area contributed by atoms with Gasteiger partial charge in [-0.15, -0.1) is 0 Å². The molecule has 4 nitrogen and oxygen atoms in total. The van der Waals surface area contributed by atoms with Crippen molar-refractivity contribution in [3.05, 3.63) is 16.5 Å². The third-order valence-corrected chi connectivity index (χ3v) is 2.92. The molecule has 0 aliphatic carbocycles. The minimum absolute atomic E-state index is 0.106. The molecule has 1 heterocycles. The quantitative estimate of drug-likeness (QED) is 0.760. The summed E-state index contributed by atoms with van der Waals surface area (Å²) >= 11 is 6.00. The Labute approximate surface area is 101 Å². The van der Waals surface area contributed by atoms with Crippen molar-refractivity contribution >= 4 is 17.4 Å². The van der Waals surface area contributed by atoms with Gasteiger partial charge in [-0.05, 0) is 20.8 Å². The molecule has 0 spiro atoms. The third-order valence-electron chi connectivity index (χ3n) is 2.55. The van der Waals surface area contributed by atoms with E-state index in [9.17, 15) is 0 Å². The minimum atomic E-state index is 0.106. The van der Waals surface area contributed by atoms with Gasteiger partial charge < -0.3 is 4.90 Å². The van der Waals surface area contributed by atoms with Crippen molar-refractivity contribution in [1.29, 1.82) is 5.26 Å². The SMILES string of the molecule is Cc1nc(Cl)c(C)c(N(C)C(C)CC#N)n1. The van der Waals surface area contributed by atoms with E-state index in [4.69, 9.17) is 16.9 Å². The first kappa shape index (κ1) is 12.7. The summed E-state index contributed by atoms with van der Waals surface area (Å²) in [4.78, 5) is 10.4. The molecule has 1 aromatic heterocycles. The summed E-state index contributed by atoms with van der Waals surface area (Å²) in [5.74, 6) is 1.43. The number of nitriles is 1. The van der Waals surface area contributed by atoms with Crippen LogP contribution in [0, 0.1) is 25.2 Å². The number of nitrogens with zero attached hydrogens (tertiary/aromatic N) is 4. The highest BCUT2D eigenvalue weighted by atomic mass is 35.5. The Morgan fingerprint density at radius 2 is 2.06 bits per heavy atom. The topological polar surface area (TPSA) is 52.8 Å². The normalized spacial score (nSPS) is 12.0. The fraction of sp³-hybridized carbons (Fsp3) is 0.545. The maximum atomic E-state index is 8.68. The van der Waals surface area contributed by atoms with E-state index in [0.29, 0.717) is 17.4 Å². The molecule has 16 heavy (non-hydrogen) atoms. The van der Waals surface area contributed by atoms with Crippen LogP contribution in [0.2, 0.25) is 5.15 Å². The summed E-state index contributed by atoms with van der Waals surface area (Å²) in [6, 6.07) is 2.25. The van der Waals surface area contributed by atoms with Gasteiger partial charge in [0.05, 0.1) is 12.5 Å². The van der Waals surface area contributed by atoms with E-state index in [0.717, 1.165) is 11.4 Å². The zero-order chi connectivity index (χ0) is 12.3. The standard InChI is InChI=1S/C11H15ClN4/c1-7(5-6-13)16(4)11-8(2)10(12)14-9(3)15-11/h7H,5H2,1-4H3. The molecule has 1 rings (SSSR count). The second kappa shape index (κ2) is 5.13. The Morgan fingerprint density at radius 3 is 2.62 bits per heavy atom. The fourth-order valence-corrected chi connectivity index (χ4v) is 1.61. The fourth-order valence-electron chi connectivity index (χ4n) is 1.40. The first-order chi connectivity index (χ1) is 7.47. The maximum Gasteiger partial charge on any atom is 0.137 e. The molecule has 1 aromatic rings. The molecule has 0 N–H and O–H groups in total. The van der Waals surface area contributed by atoms with Gasteiger partial charge in [0.25, 0.3) is 0 Å². The van der Waals surface area contributed by atoms with E-state index in [1.165, 1.54) is 0 Å². The van der Waals surface area contributed by atoms with Crippen molar-refractivity contribution in [2.24, 2.45) is 0 Å². The Balaban J connectivity index is 3.08. The lowest BCUT2D eigenvalue weighted by atomic mass is 10.2. The van der Waals surface area contributed by atoms with Crippen LogP contribution in [0.15, 0.2) is 0 Å². The van der Waals surface area contributed by atoms with E-state index in [1.54, 1.807) is 6.92 Å². The average Bonchev–Trinajstić information content (AvgIpc) is 2.22. The largest absolute Gasteiger partial charge is 0.356 e. The van der Waals surface area contributed by atoms with Gasteiger partial charge in [0.1, 0.15) is 16.8 Å². The van der Waals surface area contributed by atoms with Crippen LogP contribution in [0.1, 0.15) is 24.7 Å². The van der Waals surface area contributed by atoms with E-state index in [-0.39, 0.29) is 6.04 Å². The molecule has 0 saturated carbocycles. The summed E-state index contributed by atoms with van der Waals surface area (Å²) in [5, 5.41) is 9.15. The van der Waals surface area contributed by atoms with Crippen LogP contribution >= 0.6 is 11.6 Å². The number of aryl methyl sites for hydroxylation is 1. The molecule has 0 aliphatic rings. The summed E-state index contributed by atoms with van der Waals surface area (Å²) in [6.45, 7) is 5.67. The molecule has 0 bridgehead atoms. The molecule has 0 fully saturated rings. The highest BCUT2D eigenvalue weighted by molar-refractivity contribution is 6.30. The Kier molecular flexibility index (Phi) is 4.08. The first-order valence-electron chi connectivity index (χ1n) is 5.08. The Hall–Kier alpha value is -1.34. The van der Waals surface area contributed by atoms with E-state index >= 15 is 0 Å². The number of hydrogen-bond acceptors (Lipinski definition) is 4. The zero-order valence-electron chi connectivity index (χ0n) is 9.95. The summed E-state index contributed by atoms with van der Waals surface area (Å²) < 4.78 is 0. The van der Waals surface area contributed by atoms with Gasteiger partial charge in [-0.3, -0.25) is 0 Å². The minimum Gasteiger partial charge on any atom is -0.356 e. The first-order valence-corrected chi connectivity index (χ1v) is 5.45. The van der Waals surface area contributed by atoms with E-state index in [2.05, 4.69) is 16.0 Å². The van der Waals surface area contributed by atoms with Crippen molar-refractivity contribution in [3.8, 4) is 6.07 Å². The number of anilines is 1. The van der Waals surface area contributed by atoms with Gasteiger partial charge in [-0.2, -0.15) is 5.26 Å².